The molecule has 0 spiro atoms. The first kappa shape index (κ1) is 20.2. The minimum atomic E-state index is 0.614. The van der Waals surface area contributed by atoms with E-state index in [4.69, 9.17) is 4.42 Å². The molecule has 0 unspecified atom stereocenters. The molecule has 27 heavy (non-hydrogen) atoms. The summed E-state index contributed by atoms with van der Waals surface area (Å²) in [5.41, 5.74) is 2.86. The van der Waals surface area contributed by atoms with E-state index in [2.05, 4.69) is 96.3 Å². The van der Waals surface area contributed by atoms with Gasteiger partial charge < -0.3 is 4.42 Å². The van der Waals surface area contributed by atoms with E-state index in [1.54, 1.807) is 0 Å². The summed E-state index contributed by atoms with van der Waals surface area (Å²) in [6.45, 7) is 2.02. The summed E-state index contributed by atoms with van der Waals surface area (Å²) in [5.74, 6) is 4.47. The highest BCUT2D eigenvalue weighted by Gasteiger charge is 2.12. The van der Waals surface area contributed by atoms with Crippen molar-refractivity contribution in [2.24, 2.45) is 0 Å². The highest BCUT2D eigenvalue weighted by molar-refractivity contribution is 8.17. The lowest BCUT2D eigenvalue weighted by Crippen LogP contribution is -2.04. The molecule has 3 heteroatoms. The molecule has 0 bridgehead atoms. The molecule has 0 aliphatic rings. The Morgan fingerprint density at radius 1 is 0.704 bits per heavy atom. The van der Waals surface area contributed by atoms with Gasteiger partial charge in [0.15, 0.2) is 0 Å². The fourth-order valence-electron chi connectivity index (χ4n) is 3.00. The van der Waals surface area contributed by atoms with E-state index in [0.717, 1.165) is 37.2 Å². The maximum Gasteiger partial charge on any atom is 0.104 e. The van der Waals surface area contributed by atoms with Gasteiger partial charge in [-0.15, -0.1) is 23.5 Å². The Labute approximate surface area is 172 Å². The van der Waals surface area contributed by atoms with Crippen LogP contribution in [0.15, 0.2) is 77.2 Å². The molecular formula is C24H28OS2. The minimum Gasteiger partial charge on any atom is -0.466 e. The van der Waals surface area contributed by atoms with Crippen LogP contribution in [0, 0.1) is 6.92 Å². The molecule has 0 fully saturated rings. The third kappa shape index (κ3) is 7.51. The van der Waals surface area contributed by atoms with Crippen molar-refractivity contribution >= 4 is 23.5 Å². The van der Waals surface area contributed by atoms with Gasteiger partial charge in [0.1, 0.15) is 11.5 Å². The Kier molecular flexibility index (Phi) is 8.44. The number of furan rings is 1. The highest BCUT2D eigenvalue weighted by Crippen LogP contribution is 2.30. The second-order valence-corrected chi connectivity index (χ2v) is 9.61. The summed E-state index contributed by atoms with van der Waals surface area (Å²) < 4.78 is 6.38. The number of hydrogen-bond donors (Lipinski definition) is 0. The number of thioether (sulfide) groups is 2. The Morgan fingerprint density at radius 3 is 1.74 bits per heavy atom. The zero-order valence-electron chi connectivity index (χ0n) is 16.0. The van der Waals surface area contributed by atoms with Crippen LogP contribution in [-0.2, 0) is 19.3 Å². The van der Waals surface area contributed by atoms with E-state index in [-0.39, 0.29) is 0 Å². The maximum absolute atomic E-state index is 5.76. The number of hydrogen-bond acceptors (Lipinski definition) is 3. The Balaban J connectivity index is 1.47. The van der Waals surface area contributed by atoms with E-state index in [1.165, 1.54) is 22.6 Å². The van der Waals surface area contributed by atoms with Gasteiger partial charge in [-0.1, -0.05) is 60.7 Å². The molecule has 0 saturated heterocycles. The van der Waals surface area contributed by atoms with Crippen molar-refractivity contribution in [2.45, 2.75) is 37.2 Å². The van der Waals surface area contributed by atoms with Gasteiger partial charge in [0.05, 0.1) is 4.58 Å². The molecule has 0 N–H and O–H groups in total. The fraction of sp³-hybridized carbons (Fsp3) is 0.333. The van der Waals surface area contributed by atoms with Crippen molar-refractivity contribution in [2.75, 3.05) is 11.5 Å². The minimum absolute atomic E-state index is 0.614. The molecule has 0 atom stereocenters. The van der Waals surface area contributed by atoms with Crippen molar-refractivity contribution in [3.63, 3.8) is 0 Å². The largest absolute Gasteiger partial charge is 0.466 e. The van der Waals surface area contributed by atoms with Crippen molar-refractivity contribution in [3.8, 4) is 0 Å². The van der Waals surface area contributed by atoms with Crippen molar-refractivity contribution < 1.29 is 4.42 Å². The molecule has 1 nitrogen and oxygen atoms in total. The molecule has 142 valence electrons. The van der Waals surface area contributed by atoms with E-state index in [0.29, 0.717) is 4.58 Å². The van der Waals surface area contributed by atoms with Gasteiger partial charge in [-0.3, -0.25) is 0 Å². The van der Waals surface area contributed by atoms with Gasteiger partial charge >= 0.3 is 0 Å². The molecule has 1 aromatic heterocycles. The van der Waals surface area contributed by atoms with Gasteiger partial charge in [0, 0.05) is 6.42 Å². The van der Waals surface area contributed by atoms with Gasteiger partial charge in [-0.2, -0.15) is 0 Å². The van der Waals surface area contributed by atoms with E-state index >= 15 is 0 Å². The topological polar surface area (TPSA) is 13.1 Å². The number of aryl methyl sites for hydroxylation is 4. The average Bonchev–Trinajstić information content (AvgIpc) is 3.12. The lowest BCUT2D eigenvalue weighted by atomic mass is 10.2. The van der Waals surface area contributed by atoms with Crippen LogP contribution in [0.5, 0.6) is 0 Å². The summed E-state index contributed by atoms with van der Waals surface area (Å²) >= 11 is 4.20. The average molecular weight is 397 g/mol. The Hall–Kier alpha value is -1.58. The summed E-state index contributed by atoms with van der Waals surface area (Å²) in [6.07, 6.45) is 4.46. The SMILES string of the molecule is Cc1ccc(CCC(SCCc2ccccc2)SCCc2ccccc2)o1. The van der Waals surface area contributed by atoms with Gasteiger partial charge in [-0.25, -0.2) is 0 Å². The molecule has 3 aromatic rings. The van der Waals surface area contributed by atoms with Crippen LogP contribution >= 0.6 is 23.5 Å². The van der Waals surface area contributed by atoms with Crippen molar-refractivity contribution in [3.05, 3.63) is 95.4 Å². The Bertz CT molecular complexity index is 722. The summed E-state index contributed by atoms with van der Waals surface area (Å²) in [6, 6.07) is 25.8. The zero-order valence-corrected chi connectivity index (χ0v) is 17.6. The van der Waals surface area contributed by atoms with E-state index in [1.807, 2.05) is 6.92 Å². The van der Waals surface area contributed by atoms with Crippen LogP contribution < -0.4 is 0 Å². The van der Waals surface area contributed by atoms with Crippen LogP contribution in [0.1, 0.15) is 29.1 Å². The first-order valence-corrected chi connectivity index (χ1v) is 11.8. The summed E-state index contributed by atoms with van der Waals surface area (Å²) in [5, 5.41) is 0. The summed E-state index contributed by atoms with van der Waals surface area (Å²) in [4.78, 5) is 0. The van der Waals surface area contributed by atoms with Gasteiger partial charge in [-0.05, 0) is 61.0 Å². The Morgan fingerprint density at radius 2 is 1.26 bits per heavy atom. The van der Waals surface area contributed by atoms with Crippen LogP contribution in [-0.4, -0.2) is 16.1 Å². The zero-order chi connectivity index (χ0) is 18.7. The predicted molar refractivity (Wildman–Crippen MR) is 121 cm³/mol. The monoisotopic (exact) mass is 396 g/mol. The van der Waals surface area contributed by atoms with Crippen LogP contribution in [0.4, 0.5) is 0 Å². The fourth-order valence-corrected chi connectivity index (χ4v) is 5.76. The third-order valence-electron chi connectivity index (χ3n) is 4.50. The lowest BCUT2D eigenvalue weighted by Gasteiger charge is -2.16. The second kappa shape index (κ2) is 11.3. The quantitative estimate of drug-likeness (QED) is 0.331. The molecule has 0 radical (unpaired) electrons. The first-order chi connectivity index (χ1) is 13.3. The molecule has 2 aromatic carbocycles. The van der Waals surface area contributed by atoms with Gasteiger partial charge in [0.25, 0.3) is 0 Å². The lowest BCUT2D eigenvalue weighted by molar-refractivity contribution is 0.480. The van der Waals surface area contributed by atoms with Gasteiger partial charge in [0.2, 0.25) is 0 Å². The second-order valence-electron chi connectivity index (χ2n) is 6.69. The molecule has 0 saturated carbocycles. The van der Waals surface area contributed by atoms with Crippen LogP contribution in [0.25, 0.3) is 0 Å². The van der Waals surface area contributed by atoms with Crippen molar-refractivity contribution in [1.29, 1.82) is 0 Å². The van der Waals surface area contributed by atoms with E-state index in [9.17, 15) is 0 Å². The molecule has 0 aliphatic carbocycles. The normalized spacial score (nSPS) is 11.2. The van der Waals surface area contributed by atoms with Crippen molar-refractivity contribution in [1.82, 2.24) is 0 Å². The molecule has 0 aliphatic heterocycles. The van der Waals surface area contributed by atoms with E-state index < -0.39 is 0 Å². The molecule has 0 amide bonds. The number of benzene rings is 2. The summed E-state index contributed by atoms with van der Waals surface area (Å²) in [7, 11) is 0. The standard InChI is InChI=1S/C24H28OS2/c1-20-12-13-23(25-20)14-15-24(26-18-16-21-8-4-2-5-9-21)27-19-17-22-10-6-3-7-11-22/h2-13,24H,14-19H2,1H3. The molecular weight excluding hydrogens is 368 g/mol. The highest BCUT2D eigenvalue weighted by atomic mass is 32.2. The third-order valence-corrected chi connectivity index (χ3v) is 7.41. The first-order valence-electron chi connectivity index (χ1n) is 9.66. The smallest absolute Gasteiger partial charge is 0.104 e. The predicted octanol–water partition coefficient (Wildman–Crippen LogP) is 6.80. The number of rotatable bonds is 11. The molecule has 3 rings (SSSR count). The van der Waals surface area contributed by atoms with Crippen LogP contribution in [0.3, 0.4) is 0 Å². The maximum atomic E-state index is 5.76. The van der Waals surface area contributed by atoms with Crippen LogP contribution in [0.2, 0.25) is 0 Å². The molecule has 1 heterocycles.